The number of hydrogen-bond acceptors (Lipinski definition) is 5. The van der Waals surface area contributed by atoms with E-state index in [0.29, 0.717) is 19.4 Å². The molecule has 0 unspecified atom stereocenters. The molecule has 1 spiro atoms. The first-order valence-corrected chi connectivity index (χ1v) is 14.7. The van der Waals surface area contributed by atoms with Crippen molar-refractivity contribution in [2.24, 2.45) is 5.92 Å². The van der Waals surface area contributed by atoms with Gasteiger partial charge in [0.2, 0.25) is 0 Å². The van der Waals surface area contributed by atoms with Gasteiger partial charge in [-0.2, -0.15) is 0 Å². The van der Waals surface area contributed by atoms with Crippen LogP contribution in [0, 0.1) is 31.6 Å². The zero-order valence-electron chi connectivity index (χ0n) is 24.5. The van der Waals surface area contributed by atoms with Crippen LogP contribution in [0.3, 0.4) is 0 Å². The maximum Gasteiger partial charge on any atom is 0.303 e. The van der Waals surface area contributed by atoms with Crippen LogP contribution in [-0.2, 0) is 26.2 Å². The topological polar surface area (TPSA) is 59.1 Å². The van der Waals surface area contributed by atoms with E-state index in [-0.39, 0.29) is 36.0 Å². The van der Waals surface area contributed by atoms with Gasteiger partial charge in [0.05, 0.1) is 17.5 Å². The van der Waals surface area contributed by atoms with Crippen molar-refractivity contribution in [2.45, 2.75) is 89.5 Å². The van der Waals surface area contributed by atoms with E-state index in [4.69, 9.17) is 9.47 Å². The number of likely N-dealkylation sites (tertiary alicyclic amines) is 1. The van der Waals surface area contributed by atoms with Crippen LogP contribution in [0.25, 0.3) is 0 Å². The van der Waals surface area contributed by atoms with Crippen LogP contribution >= 0.6 is 0 Å². The molecule has 2 aromatic carbocycles. The number of hydrogen-bond donors (Lipinski definition) is 0. The van der Waals surface area contributed by atoms with E-state index in [1.807, 2.05) is 29.2 Å². The predicted octanol–water partition coefficient (Wildman–Crippen LogP) is 4.56. The first-order chi connectivity index (χ1) is 19.1. The summed E-state index contributed by atoms with van der Waals surface area (Å²) in [6, 6.07) is 12.3. The first-order valence-electron chi connectivity index (χ1n) is 14.7. The summed E-state index contributed by atoms with van der Waals surface area (Å²) < 4.78 is 13.4. The number of benzene rings is 2. The summed E-state index contributed by atoms with van der Waals surface area (Å²) in [6.45, 7) is 11.4. The minimum Gasteiger partial charge on any atom is -0.487 e. The molecule has 6 rings (SSSR count). The lowest BCUT2D eigenvalue weighted by molar-refractivity contribution is -0.221. The number of rotatable bonds is 4. The SMILES string of the molecule is CC(=O)O[C@@]12CC[C@H](N(CC(C)C)C(=O)C#Cc3ccc(C)c(C)c3)[C@@H]3Oc4cccc5c4[C@@]31CCN(C)[C@@H]2C5. The fraction of sp³-hybridized carbons (Fsp3) is 0.529. The molecule has 40 heavy (non-hydrogen) atoms. The monoisotopic (exact) mass is 540 g/mol. The number of amides is 1. The Morgan fingerprint density at radius 2 is 1.98 bits per heavy atom. The second-order valence-corrected chi connectivity index (χ2v) is 12.7. The Morgan fingerprint density at radius 3 is 2.70 bits per heavy atom. The highest BCUT2D eigenvalue weighted by Gasteiger charge is 2.75. The largest absolute Gasteiger partial charge is 0.487 e. The van der Waals surface area contributed by atoms with Crippen LogP contribution < -0.4 is 4.74 Å². The van der Waals surface area contributed by atoms with Crippen molar-refractivity contribution in [1.82, 2.24) is 9.80 Å². The molecule has 6 nitrogen and oxygen atoms in total. The zero-order valence-corrected chi connectivity index (χ0v) is 24.5. The van der Waals surface area contributed by atoms with Crippen LogP contribution in [-0.4, -0.2) is 65.6 Å². The number of aryl methyl sites for hydroxylation is 2. The third-order valence-electron chi connectivity index (χ3n) is 9.93. The molecule has 0 aromatic heterocycles. The minimum atomic E-state index is -0.690. The predicted molar refractivity (Wildman–Crippen MR) is 154 cm³/mol. The van der Waals surface area contributed by atoms with Gasteiger partial charge in [-0.25, -0.2) is 0 Å². The minimum absolute atomic E-state index is 0.0665. The first kappa shape index (κ1) is 26.9. The Balaban J connectivity index is 1.44. The van der Waals surface area contributed by atoms with E-state index in [0.717, 1.165) is 36.3 Å². The number of piperidine rings is 1. The molecule has 210 valence electrons. The van der Waals surface area contributed by atoms with Crippen molar-refractivity contribution in [3.8, 4) is 17.6 Å². The molecule has 2 fully saturated rings. The van der Waals surface area contributed by atoms with Crippen molar-refractivity contribution < 1.29 is 19.1 Å². The van der Waals surface area contributed by atoms with Gasteiger partial charge in [0.1, 0.15) is 17.5 Å². The van der Waals surface area contributed by atoms with Crippen molar-refractivity contribution >= 4 is 11.9 Å². The molecular formula is C34H40N2O4. The number of carbonyl (C=O) groups excluding carboxylic acids is 2. The summed E-state index contributed by atoms with van der Waals surface area (Å²) >= 11 is 0. The van der Waals surface area contributed by atoms with Gasteiger partial charge in [0, 0.05) is 30.5 Å². The number of ether oxygens (including phenoxy) is 2. The average molecular weight is 541 g/mol. The Hall–Kier alpha value is -3.30. The lowest BCUT2D eigenvalue weighted by atomic mass is 9.48. The lowest BCUT2D eigenvalue weighted by Gasteiger charge is -2.65. The molecule has 5 atom stereocenters. The average Bonchev–Trinajstić information content (AvgIpc) is 3.24. The molecule has 2 bridgehead atoms. The van der Waals surface area contributed by atoms with Gasteiger partial charge in [-0.05, 0) is 93.9 Å². The Kier molecular flexibility index (Phi) is 6.50. The van der Waals surface area contributed by atoms with Crippen molar-refractivity contribution in [3.05, 3.63) is 64.2 Å². The molecule has 0 radical (unpaired) electrons. The van der Waals surface area contributed by atoms with Gasteiger partial charge >= 0.3 is 5.97 Å². The Labute approximate surface area is 238 Å². The number of esters is 1. The lowest BCUT2D eigenvalue weighted by Crippen LogP contribution is -2.79. The van der Waals surface area contributed by atoms with Gasteiger partial charge in [-0.1, -0.05) is 38.0 Å². The molecule has 1 amide bonds. The van der Waals surface area contributed by atoms with E-state index in [2.05, 4.69) is 63.6 Å². The molecule has 4 aliphatic rings. The van der Waals surface area contributed by atoms with Crippen molar-refractivity contribution in [2.75, 3.05) is 20.1 Å². The summed E-state index contributed by atoms with van der Waals surface area (Å²) in [5.41, 5.74) is 4.50. The maximum absolute atomic E-state index is 13.9. The molecule has 1 saturated carbocycles. The van der Waals surface area contributed by atoms with Gasteiger partial charge in [0.15, 0.2) is 0 Å². The van der Waals surface area contributed by atoms with Gasteiger partial charge in [-0.15, -0.1) is 0 Å². The summed E-state index contributed by atoms with van der Waals surface area (Å²) in [5.74, 6) is 6.83. The highest BCUT2D eigenvalue weighted by Crippen LogP contribution is 2.65. The summed E-state index contributed by atoms with van der Waals surface area (Å²) in [4.78, 5) is 30.9. The standard InChI is InChI=1S/C34H40N2O4/c1-21(2)20-36(30(38)13-12-25-11-10-22(3)23(4)18-25)27-14-15-34(40-24(5)37)29-19-26-8-7-9-28-31(26)33(34,32(27)39-28)16-17-35(29)6/h7-11,18,21,27,29,32H,14-17,19-20H2,1-6H3/t27-,29+,32-,33-,34+/m0/s1. The van der Waals surface area contributed by atoms with Crippen LogP contribution in [0.4, 0.5) is 0 Å². The van der Waals surface area contributed by atoms with Gasteiger partial charge in [-0.3, -0.25) is 14.5 Å². The molecule has 1 saturated heterocycles. The van der Waals surface area contributed by atoms with Crippen molar-refractivity contribution in [1.29, 1.82) is 0 Å². The highest BCUT2D eigenvalue weighted by atomic mass is 16.6. The van der Waals surface area contributed by atoms with E-state index in [1.54, 1.807) is 0 Å². The molecule has 2 heterocycles. The zero-order chi connectivity index (χ0) is 28.4. The second kappa shape index (κ2) is 9.66. The van der Waals surface area contributed by atoms with Crippen LogP contribution in [0.1, 0.15) is 67.9 Å². The normalized spacial score (nSPS) is 29.6. The second-order valence-electron chi connectivity index (χ2n) is 12.7. The van der Waals surface area contributed by atoms with E-state index in [1.165, 1.54) is 23.6 Å². The number of carbonyl (C=O) groups is 2. The highest BCUT2D eigenvalue weighted by molar-refractivity contribution is 5.94. The molecule has 0 N–H and O–H groups in total. The number of likely N-dealkylation sites (N-methyl/N-ethyl adjacent to an activating group) is 1. The summed E-state index contributed by atoms with van der Waals surface area (Å²) in [7, 11) is 2.14. The quantitative estimate of drug-likeness (QED) is 0.420. The smallest absolute Gasteiger partial charge is 0.303 e. The number of nitrogens with zero attached hydrogens (tertiary/aromatic N) is 2. The third kappa shape index (κ3) is 3.89. The third-order valence-corrected chi connectivity index (χ3v) is 9.93. The fourth-order valence-corrected chi connectivity index (χ4v) is 8.23. The molecule has 2 aliphatic carbocycles. The van der Waals surface area contributed by atoms with Gasteiger partial charge in [0.25, 0.3) is 5.91 Å². The summed E-state index contributed by atoms with van der Waals surface area (Å²) in [5, 5.41) is 0. The Morgan fingerprint density at radius 1 is 1.18 bits per heavy atom. The van der Waals surface area contributed by atoms with Crippen LogP contribution in [0.5, 0.6) is 5.75 Å². The summed E-state index contributed by atoms with van der Waals surface area (Å²) in [6.07, 6.45) is 2.71. The van der Waals surface area contributed by atoms with Crippen molar-refractivity contribution in [3.63, 3.8) is 0 Å². The van der Waals surface area contributed by atoms with E-state index >= 15 is 0 Å². The molecule has 2 aromatic rings. The molecule has 2 aliphatic heterocycles. The van der Waals surface area contributed by atoms with E-state index in [9.17, 15) is 9.59 Å². The Bertz CT molecular complexity index is 1440. The maximum atomic E-state index is 13.9. The molecular weight excluding hydrogens is 500 g/mol. The van der Waals surface area contributed by atoms with Crippen LogP contribution in [0.2, 0.25) is 0 Å². The fourth-order valence-electron chi connectivity index (χ4n) is 8.23. The van der Waals surface area contributed by atoms with Crippen LogP contribution in [0.15, 0.2) is 36.4 Å². The molecule has 6 heteroatoms. The van der Waals surface area contributed by atoms with E-state index < -0.39 is 11.0 Å². The van der Waals surface area contributed by atoms with Gasteiger partial charge < -0.3 is 14.4 Å².